The van der Waals surface area contributed by atoms with E-state index in [1.54, 1.807) is 19.1 Å². The van der Waals surface area contributed by atoms with Crippen molar-refractivity contribution in [1.82, 2.24) is 0 Å². The predicted octanol–water partition coefficient (Wildman–Crippen LogP) is 1.27. The summed E-state index contributed by atoms with van der Waals surface area (Å²) in [4.78, 5) is 22.0. The van der Waals surface area contributed by atoms with E-state index in [0.717, 1.165) is 16.5 Å². The van der Waals surface area contributed by atoms with Crippen LogP contribution in [0.3, 0.4) is 0 Å². The van der Waals surface area contributed by atoms with E-state index >= 15 is 0 Å². The van der Waals surface area contributed by atoms with Crippen LogP contribution in [0.4, 0.5) is 0 Å². The molecule has 0 aliphatic rings. The Labute approximate surface area is 103 Å². The summed E-state index contributed by atoms with van der Waals surface area (Å²) in [6.45, 7) is 3.44. The third kappa shape index (κ3) is 2.34. The molecule has 5 heteroatoms. The minimum Gasteiger partial charge on any atom is -0.483 e. The van der Waals surface area contributed by atoms with E-state index in [0.29, 0.717) is 11.3 Å². The molecule has 94 valence electrons. The number of rotatable bonds is 3. The molecular weight excluding hydrogens is 234 g/mol. The Morgan fingerprint density at radius 1 is 1.28 bits per heavy atom. The zero-order valence-electron chi connectivity index (χ0n) is 10.1. The van der Waals surface area contributed by atoms with Crippen molar-refractivity contribution >= 4 is 16.9 Å². The highest BCUT2D eigenvalue weighted by Crippen LogP contribution is 2.26. The molecule has 0 bridgehead atoms. The van der Waals surface area contributed by atoms with E-state index in [9.17, 15) is 9.59 Å². The van der Waals surface area contributed by atoms with Gasteiger partial charge in [0.1, 0.15) is 11.3 Å². The van der Waals surface area contributed by atoms with E-state index in [-0.39, 0.29) is 12.2 Å². The van der Waals surface area contributed by atoms with Gasteiger partial charge in [0.15, 0.2) is 6.61 Å². The van der Waals surface area contributed by atoms with Crippen molar-refractivity contribution in [3.63, 3.8) is 0 Å². The van der Waals surface area contributed by atoms with Crippen molar-refractivity contribution in [2.75, 3.05) is 6.61 Å². The summed E-state index contributed by atoms with van der Waals surface area (Å²) in [6, 6.07) is 4.86. The van der Waals surface area contributed by atoms with E-state index < -0.39 is 5.91 Å². The Balaban J connectivity index is 2.54. The Morgan fingerprint density at radius 3 is 2.67 bits per heavy atom. The Hall–Kier alpha value is -2.30. The molecular formula is C13H13NO4. The number of amides is 1. The first-order valence-electron chi connectivity index (χ1n) is 5.43. The van der Waals surface area contributed by atoms with Gasteiger partial charge in [-0.05, 0) is 37.1 Å². The van der Waals surface area contributed by atoms with Crippen molar-refractivity contribution in [2.45, 2.75) is 13.8 Å². The quantitative estimate of drug-likeness (QED) is 0.828. The molecule has 0 radical (unpaired) electrons. The van der Waals surface area contributed by atoms with Gasteiger partial charge in [-0.3, -0.25) is 4.79 Å². The fourth-order valence-corrected chi connectivity index (χ4v) is 1.75. The van der Waals surface area contributed by atoms with Gasteiger partial charge < -0.3 is 14.9 Å². The van der Waals surface area contributed by atoms with Crippen LogP contribution >= 0.6 is 0 Å². The number of carbonyl (C=O) groups is 1. The van der Waals surface area contributed by atoms with Gasteiger partial charge in [0.05, 0.1) is 0 Å². The zero-order valence-corrected chi connectivity index (χ0v) is 10.1. The number of primary amides is 1. The summed E-state index contributed by atoms with van der Waals surface area (Å²) in [5, 5.41) is 0.777. The van der Waals surface area contributed by atoms with Crippen LogP contribution in [0.25, 0.3) is 11.0 Å². The van der Waals surface area contributed by atoms with Crippen molar-refractivity contribution in [1.29, 1.82) is 0 Å². The molecule has 2 aromatic rings. The molecule has 18 heavy (non-hydrogen) atoms. The van der Waals surface area contributed by atoms with Crippen LogP contribution in [0.2, 0.25) is 0 Å². The van der Waals surface area contributed by atoms with Crippen LogP contribution in [0, 0.1) is 13.8 Å². The first kappa shape index (κ1) is 12.2. The van der Waals surface area contributed by atoms with Gasteiger partial charge in [-0.1, -0.05) is 0 Å². The highest BCUT2D eigenvalue weighted by Gasteiger charge is 2.08. The maximum absolute atomic E-state index is 11.3. The molecule has 2 rings (SSSR count). The van der Waals surface area contributed by atoms with Crippen LogP contribution in [-0.2, 0) is 4.79 Å². The minimum atomic E-state index is -0.536. The lowest BCUT2D eigenvalue weighted by Gasteiger charge is -2.09. The van der Waals surface area contributed by atoms with Crippen LogP contribution in [0.1, 0.15) is 11.1 Å². The van der Waals surface area contributed by atoms with Crippen molar-refractivity contribution in [3.05, 3.63) is 39.7 Å². The second-order valence-corrected chi connectivity index (χ2v) is 4.12. The van der Waals surface area contributed by atoms with Gasteiger partial charge in [0, 0.05) is 11.5 Å². The fraction of sp³-hybridized carbons (Fsp3) is 0.231. The maximum Gasteiger partial charge on any atom is 0.336 e. The molecule has 0 saturated carbocycles. The number of carbonyl (C=O) groups excluding carboxylic acids is 1. The number of fused-ring (bicyclic) bond motifs is 1. The summed E-state index contributed by atoms with van der Waals surface area (Å²) in [7, 11) is 0. The Bertz CT molecular complexity index is 672. The van der Waals surface area contributed by atoms with Gasteiger partial charge in [-0.25, -0.2) is 4.79 Å². The van der Waals surface area contributed by atoms with E-state index in [1.165, 1.54) is 6.07 Å². The second-order valence-electron chi connectivity index (χ2n) is 4.12. The lowest BCUT2D eigenvalue weighted by atomic mass is 10.1. The van der Waals surface area contributed by atoms with Gasteiger partial charge in [0.25, 0.3) is 5.91 Å². The number of aryl methyl sites for hydroxylation is 2. The molecule has 0 spiro atoms. The molecule has 0 saturated heterocycles. The van der Waals surface area contributed by atoms with Crippen LogP contribution < -0.4 is 16.1 Å². The molecule has 1 aromatic carbocycles. The molecule has 0 fully saturated rings. The smallest absolute Gasteiger partial charge is 0.336 e. The molecule has 0 aliphatic carbocycles. The normalized spacial score (nSPS) is 10.6. The summed E-state index contributed by atoms with van der Waals surface area (Å²) in [5.41, 5.74) is 6.72. The van der Waals surface area contributed by atoms with Crippen molar-refractivity contribution in [3.8, 4) is 5.75 Å². The highest BCUT2D eigenvalue weighted by molar-refractivity contribution is 5.83. The summed E-state index contributed by atoms with van der Waals surface area (Å²) in [5.74, 6) is 0.0176. The number of benzene rings is 1. The number of hydrogen-bond acceptors (Lipinski definition) is 4. The predicted molar refractivity (Wildman–Crippen MR) is 66.6 cm³/mol. The maximum atomic E-state index is 11.3. The minimum absolute atomic E-state index is 0.178. The van der Waals surface area contributed by atoms with E-state index in [2.05, 4.69) is 0 Å². The molecule has 0 unspecified atom stereocenters. The first-order valence-corrected chi connectivity index (χ1v) is 5.43. The molecule has 1 aromatic heterocycles. The van der Waals surface area contributed by atoms with Crippen molar-refractivity contribution < 1.29 is 13.9 Å². The lowest BCUT2D eigenvalue weighted by molar-refractivity contribution is -0.119. The number of nitrogens with two attached hydrogens (primary N) is 1. The first-order chi connectivity index (χ1) is 8.47. The van der Waals surface area contributed by atoms with Gasteiger partial charge in [0.2, 0.25) is 0 Å². The molecule has 1 heterocycles. The molecule has 0 aliphatic heterocycles. The third-order valence-electron chi connectivity index (χ3n) is 2.62. The fourth-order valence-electron chi connectivity index (χ4n) is 1.75. The summed E-state index contributed by atoms with van der Waals surface area (Å²) >= 11 is 0. The van der Waals surface area contributed by atoms with Crippen LogP contribution in [0.5, 0.6) is 5.75 Å². The molecule has 5 nitrogen and oxygen atoms in total. The van der Waals surface area contributed by atoms with E-state index in [4.69, 9.17) is 14.9 Å². The number of hydrogen-bond donors (Lipinski definition) is 1. The Kier molecular flexibility index (Phi) is 3.06. The van der Waals surface area contributed by atoms with Gasteiger partial charge >= 0.3 is 5.63 Å². The largest absolute Gasteiger partial charge is 0.483 e. The van der Waals surface area contributed by atoms with Gasteiger partial charge in [-0.2, -0.15) is 0 Å². The van der Waals surface area contributed by atoms with Crippen molar-refractivity contribution in [2.24, 2.45) is 5.73 Å². The summed E-state index contributed by atoms with van der Waals surface area (Å²) < 4.78 is 10.4. The SMILES string of the molecule is Cc1cc2oc(=O)cc(C)c2cc1OCC(N)=O. The zero-order chi connectivity index (χ0) is 13.3. The van der Waals surface area contributed by atoms with Crippen LogP contribution in [-0.4, -0.2) is 12.5 Å². The topological polar surface area (TPSA) is 82.5 Å². The monoisotopic (exact) mass is 247 g/mol. The second kappa shape index (κ2) is 4.52. The molecule has 2 N–H and O–H groups in total. The molecule has 0 atom stereocenters. The molecule has 1 amide bonds. The Morgan fingerprint density at radius 2 is 2.00 bits per heavy atom. The van der Waals surface area contributed by atoms with E-state index in [1.807, 2.05) is 6.92 Å². The summed E-state index contributed by atoms with van der Waals surface area (Å²) in [6.07, 6.45) is 0. The lowest BCUT2D eigenvalue weighted by Crippen LogP contribution is -2.20. The highest BCUT2D eigenvalue weighted by atomic mass is 16.5. The average molecular weight is 247 g/mol. The third-order valence-corrected chi connectivity index (χ3v) is 2.62. The van der Waals surface area contributed by atoms with Crippen LogP contribution in [0.15, 0.2) is 27.4 Å². The standard InChI is InChI=1S/C13H13NO4/c1-7-4-13(16)18-11-3-8(2)10(5-9(7)11)17-6-12(14)15/h3-5H,6H2,1-2H3,(H2,14,15). The average Bonchev–Trinajstić information content (AvgIpc) is 2.26. The van der Waals surface area contributed by atoms with Gasteiger partial charge in [-0.15, -0.1) is 0 Å². The number of ether oxygens (including phenoxy) is 1.